The summed E-state index contributed by atoms with van der Waals surface area (Å²) in [6.45, 7) is 2.76. The van der Waals surface area contributed by atoms with E-state index < -0.39 is 16.7 Å². The smallest absolute Gasteiger partial charge is 0.325 e. The molecule has 5 rings (SSSR count). The van der Waals surface area contributed by atoms with Crippen molar-refractivity contribution < 1.29 is 4.39 Å². The molecule has 0 bridgehead atoms. The van der Waals surface area contributed by atoms with E-state index in [1.165, 1.54) is 12.1 Å². The number of nitrogens with zero attached hydrogens (tertiary/aromatic N) is 3. The minimum Gasteiger partial charge on any atom is -0.325 e. The first-order valence-corrected chi connectivity index (χ1v) is 11.2. The predicted octanol–water partition coefficient (Wildman–Crippen LogP) is 3.23. The average molecular weight is 431 g/mol. The van der Waals surface area contributed by atoms with Crippen LogP contribution in [-0.4, -0.2) is 39.6 Å². The number of halogens is 1. The van der Waals surface area contributed by atoms with Crippen molar-refractivity contribution in [3.8, 4) is 11.8 Å². The summed E-state index contributed by atoms with van der Waals surface area (Å²) in [5.41, 5.74) is 2.51. The number of hydrogen-bond acceptors (Lipinski definition) is 3. The van der Waals surface area contributed by atoms with E-state index in [0.29, 0.717) is 6.54 Å². The van der Waals surface area contributed by atoms with Crippen LogP contribution in [0.4, 0.5) is 15.9 Å². The van der Waals surface area contributed by atoms with Crippen molar-refractivity contribution in [2.24, 2.45) is 5.41 Å². The summed E-state index contributed by atoms with van der Waals surface area (Å²) >= 11 is 0. The quantitative estimate of drug-likeness (QED) is 0.463. The lowest BCUT2D eigenvalue weighted by atomic mass is 9.49. The third-order valence-corrected chi connectivity index (χ3v) is 6.49. The van der Waals surface area contributed by atoms with Gasteiger partial charge in [-0.3, -0.25) is 0 Å². The van der Waals surface area contributed by atoms with Crippen LogP contribution in [0.15, 0.2) is 41.2 Å². The van der Waals surface area contributed by atoms with Gasteiger partial charge in [-0.1, -0.05) is 29.2 Å². The lowest BCUT2D eigenvalue weighted by molar-refractivity contribution is 0.635. The van der Waals surface area contributed by atoms with Gasteiger partial charge in [-0.05, 0) is 68.9 Å². The minimum atomic E-state index is -2.02. The van der Waals surface area contributed by atoms with Crippen LogP contribution < -0.4 is 10.6 Å². The van der Waals surface area contributed by atoms with Gasteiger partial charge < -0.3 is 9.47 Å². The predicted molar refractivity (Wildman–Crippen MR) is 132 cm³/mol. The second-order valence-electron chi connectivity index (χ2n) is 9.30. The molecule has 0 unspecified atom stereocenters. The summed E-state index contributed by atoms with van der Waals surface area (Å²) in [6, 6.07) is 10.3. The maximum Gasteiger partial charge on any atom is 0.348 e. The molecule has 0 N–H and O–H groups in total. The van der Waals surface area contributed by atoms with Crippen LogP contribution in [0.25, 0.3) is 10.9 Å². The standard InChI is InChI=1S/C25H21B3FN3O/c1-24(13-14-24)12-11-16-6-4-9-19-17(16)7-2-3-15-31(19)22-21-18(29)8-5-10-20(21)32(23(33)30-22)25(26,27)28/h4-6,8-10H,2-3,7,13-15H2,1H3. The van der Waals surface area contributed by atoms with Gasteiger partial charge in [-0.15, -0.1) is 0 Å². The Labute approximate surface area is 196 Å². The van der Waals surface area contributed by atoms with Crippen molar-refractivity contribution in [2.75, 3.05) is 11.4 Å². The molecule has 0 saturated heterocycles. The van der Waals surface area contributed by atoms with E-state index in [4.69, 9.17) is 23.5 Å². The molecule has 1 saturated carbocycles. The van der Waals surface area contributed by atoms with Gasteiger partial charge in [0.2, 0.25) is 0 Å². The van der Waals surface area contributed by atoms with E-state index in [1.807, 2.05) is 23.1 Å². The zero-order chi connectivity index (χ0) is 23.4. The Morgan fingerprint density at radius 1 is 1.12 bits per heavy atom. The molecule has 33 heavy (non-hydrogen) atoms. The van der Waals surface area contributed by atoms with E-state index in [1.54, 1.807) is 6.07 Å². The maximum atomic E-state index is 15.2. The van der Waals surface area contributed by atoms with Gasteiger partial charge in [-0.2, -0.15) is 4.98 Å². The second-order valence-corrected chi connectivity index (χ2v) is 9.30. The van der Waals surface area contributed by atoms with Crippen molar-refractivity contribution in [1.29, 1.82) is 0 Å². The zero-order valence-electron chi connectivity index (χ0n) is 18.6. The second kappa shape index (κ2) is 7.83. The molecule has 2 aromatic carbocycles. The number of hydrogen-bond donors (Lipinski definition) is 0. The van der Waals surface area contributed by atoms with E-state index in [-0.39, 0.29) is 22.1 Å². The summed E-state index contributed by atoms with van der Waals surface area (Å²) in [4.78, 5) is 19.1. The number of anilines is 2. The van der Waals surface area contributed by atoms with Gasteiger partial charge in [0.25, 0.3) is 0 Å². The molecule has 0 spiro atoms. The Hall–Kier alpha value is -2.94. The summed E-state index contributed by atoms with van der Waals surface area (Å²) in [5.74, 6) is 6.49. The van der Waals surface area contributed by atoms with Crippen LogP contribution in [0.1, 0.15) is 43.7 Å². The normalized spacial score (nSPS) is 17.1. The van der Waals surface area contributed by atoms with Crippen molar-refractivity contribution in [2.45, 2.75) is 44.3 Å². The SMILES string of the molecule is [B]C([B])([B])n1c(=O)nc(N2CCCCc3c(C#CC4(C)CC4)cccc32)c2c(F)cccc21. The molecule has 3 aromatic rings. The van der Waals surface area contributed by atoms with E-state index in [9.17, 15) is 4.79 Å². The topological polar surface area (TPSA) is 38.1 Å². The summed E-state index contributed by atoms with van der Waals surface area (Å²) < 4.78 is 16.1. The molecule has 2 aliphatic rings. The molecule has 1 aliphatic heterocycles. The zero-order valence-corrected chi connectivity index (χ0v) is 18.6. The highest BCUT2D eigenvalue weighted by Crippen LogP contribution is 2.44. The fourth-order valence-electron chi connectivity index (χ4n) is 4.44. The van der Waals surface area contributed by atoms with Crippen LogP contribution in [0.5, 0.6) is 0 Å². The first kappa shape index (κ1) is 21.9. The monoisotopic (exact) mass is 431 g/mol. The summed E-state index contributed by atoms with van der Waals surface area (Å²) in [7, 11) is 17.5. The van der Waals surface area contributed by atoms with Crippen molar-refractivity contribution in [3.63, 3.8) is 0 Å². The summed E-state index contributed by atoms with van der Waals surface area (Å²) in [5, 5.41) is -1.87. The van der Waals surface area contributed by atoms with Crippen molar-refractivity contribution in [3.05, 3.63) is 63.8 Å². The number of benzene rings is 2. The molecule has 8 heteroatoms. The molecule has 4 nitrogen and oxygen atoms in total. The molecule has 158 valence electrons. The Morgan fingerprint density at radius 2 is 1.88 bits per heavy atom. The highest BCUT2D eigenvalue weighted by atomic mass is 19.1. The highest BCUT2D eigenvalue weighted by Gasteiger charge is 2.35. The van der Waals surface area contributed by atoms with Crippen LogP contribution in [0.3, 0.4) is 0 Å². The van der Waals surface area contributed by atoms with Crippen molar-refractivity contribution >= 4 is 45.9 Å². The van der Waals surface area contributed by atoms with Gasteiger partial charge in [0.05, 0.1) is 34.4 Å². The molecular weight excluding hydrogens is 410 g/mol. The molecular formula is C25H21B3FN3O. The van der Waals surface area contributed by atoms with E-state index in [2.05, 4.69) is 23.7 Å². The third kappa shape index (κ3) is 3.99. The number of rotatable bonds is 2. The van der Waals surface area contributed by atoms with Crippen LogP contribution in [-0.2, 0) is 11.7 Å². The van der Waals surface area contributed by atoms with Gasteiger partial charge in [0.1, 0.15) is 5.82 Å². The molecule has 1 aromatic heterocycles. The Balaban J connectivity index is 1.74. The van der Waals surface area contributed by atoms with Crippen molar-refractivity contribution in [1.82, 2.24) is 9.55 Å². The van der Waals surface area contributed by atoms with E-state index in [0.717, 1.165) is 53.5 Å². The van der Waals surface area contributed by atoms with Gasteiger partial charge in [0.15, 0.2) is 5.82 Å². The molecule has 0 atom stereocenters. The lowest BCUT2D eigenvalue weighted by Gasteiger charge is -2.30. The van der Waals surface area contributed by atoms with E-state index >= 15 is 4.39 Å². The van der Waals surface area contributed by atoms with Gasteiger partial charge in [-0.25, -0.2) is 9.18 Å². The first-order chi connectivity index (χ1) is 15.7. The fourth-order valence-corrected chi connectivity index (χ4v) is 4.44. The molecule has 0 amide bonds. The Bertz CT molecular complexity index is 1380. The molecule has 6 radical (unpaired) electrons. The minimum absolute atomic E-state index is 0.109. The van der Waals surface area contributed by atoms with Crippen LogP contribution in [0.2, 0.25) is 0 Å². The third-order valence-electron chi connectivity index (χ3n) is 6.49. The van der Waals surface area contributed by atoms with Crippen LogP contribution in [0, 0.1) is 23.1 Å². The summed E-state index contributed by atoms with van der Waals surface area (Å²) in [6.07, 6.45) is 4.90. The fraction of sp³-hybridized carbons (Fsp3) is 0.360. The van der Waals surface area contributed by atoms with Gasteiger partial charge in [0, 0.05) is 23.2 Å². The lowest BCUT2D eigenvalue weighted by Crippen LogP contribution is -2.44. The number of fused-ring (bicyclic) bond motifs is 2. The maximum absolute atomic E-state index is 15.2. The first-order valence-electron chi connectivity index (χ1n) is 11.2. The average Bonchev–Trinajstić information content (AvgIpc) is 3.52. The Morgan fingerprint density at radius 3 is 2.61 bits per heavy atom. The highest BCUT2D eigenvalue weighted by molar-refractivity contribution is 6.56. The van der Waals surface area contributed by atoms with Crippen LogP contribution >= 0.6 is 0 Å². The largest absolute Gasteiger partial charge is 0.348 e. The Kier molecular flexibility index (Phi) is 5.19. The number of aromatic nitrogens is 2. The molecule has 2 heterocycles. The van der Waals surface area contributed by atoms with Gasteiger partial charge >= 0.3 is 5.69 Å². The molecule has 1 aliphatic carbocycles. The molecule has 1 fully saturated rings.